The molecule has 166 valence electrons. The molecule has 8 nitrogen and oxygen atoms in total. The van der Waals surface area contributed by atoms with E-state index in [1.165, 1.54) is 6.20 Å². The molecule has 9 heteroatoms. The van der Waals surface area contributed by atoms with E-state index >= 15 is 0 Å². The highest BCUT2D eigenvalue weighted by molar-refractivity contribution is 5.60. The Morgan fingerprint density at radius 1 is 1.19 bits per heavy atom. The largest absolute Gasteiger partial charge is 0.385 e. The van der Waals surface area contributed by atoms with Gasteiger partial charge in [0.1, 0.15) is 11.5 Å². The average Bonchev–Trinajstić information content (AvgIpc) is 3.14. The van der Waals surface area contributed by atoms with Crippen molar-refractivity contribution in [2.45, 2.75) is 39.8 Å². The topological polar surface area (TPSA) is 86.1 Å². The van der Waals surface area contributed by atoms with Crippen LogP contribution in [0.25, 0.3) is 11.4 Å². The van der Waals surface area contributed by atoms with Crippen LogP contribution >= 0.6 is 0 Å². The van der Waals surface area contributed by atoms with E-state index in [1.807, 2.05) is 49.6 Å². The number of hydroxylamine groups is 1. The molecule has 0 saturated carbocycles. The highest BCUT2D eigenvalue weighted by Gasteiger charge is 2.17. The maximum Gasteiger partial charge on any atom is 0.227 e. The van der Waals surface area contributed by atoms with Crippen molar-refractivity contribution < 1.29 is 14.0 Å². The minimum Gasteiger partial charge on any atom is -0.385 e. The van der Waals surface area contributed by atoms with Crippen molar-refractivity contribution in [2.24, 2.45) is 0 Å². The van der Waals surface area contributed by atoms with Crippen LogP contribution in [0, 0.1) is 12.7 Å². The van der Waals surface area contributed by atoms with Gasteiger partial charge in [-0.05, 0) is 44.9 Å². The van der Waals surface area contributed by atoms with Gasteiger partial charge in [0.05, 0.1) is 24.7 Å². The van der Waals surface area contributed by atoms with E-state index in [-0.39, 0.29) is 11.7 Å². The summed E-state index contributed by atoms with van der Waals surface area (Å²) in [5, 5.41) is 3.14. The first-order chi connectivity index (χ1) is 15.0. The number of methoxy groups -OCH3 is 1. The van der Waals surface area contributed by atoms with Crippen molar-refractivity contribution in [3.05, 3.63) is 53.9 Å². The minimum atomic E-state index is -0.492. The summed E-state index contributed by atoms with van der Waals surface area (Å²) in [6, 6.07) is 7.83. The van der Waals surface area contributed by atoms with Gasteiger partial charge in [0, 0.05) is 32.0 Å². The van der Waals surface area contributed by atoms with Gasteiger partial charge in [-0.25, -0.2) is 24.8 Å². The summed E-state index contributed by atoms with van der Waals surface area (Å²) in [4.78, 5) is 18.3. The monoisotopic (exact) mass is 428 g/mol. The summed E-state index contributed by atoms with van der Waals surface area (Å²) in [7, 11) is 1.67. The van der Waals surface area contributed by atoms with Gasteiger partial charge in [-0.3, -0.25) is 4.84 Å². The van der Waals surface area contributed by atoms with Crippen LogP contribution in [0.15, 0.2) is 36.7 Å². The Morgan fingerprint density at radius 2 is 2.03 bits per heavy atom. The first-order valence-electron chi connectivity index (χ1n) is 10.3. The zero-order valence-electron chi connectivity index (χ0n) is 18.4. The SMILES string of the molecule is COCCCNOCc1cccc(Nc2ncc(F)c(-c3cnc(C)n3C(C)C)n2)c1. The maximum atomic E-state index is 14.5. The van der Waals surface area contributed by atoms with Gasteiger partial charge in [0.2, 0.25) is 5.95 Å². The van der Waals surface area contributed by atoms with Gasteiger partial charge < -0.3 is 14.6 Å². The van der Waals surface area contributed by atoms with E-state index in [2.05, 4.69) is 25.7 Å². The molecular weight excluding hydrogens is 399 g/mol. The molecule has 2 N–H and O–H groups in total. The van der Waals surface area contributed by atoms with Crippen molar-refractivity contribution >= 4 is 11.6 Å². The summed E-state index contributed by atoms with van der Waals surface area (Å²) >= 11 is 0. The van der Waals surface area contributed by atoms with Crippen molar-refractivity contribution in [3.63, 3.8) is 0 Å². The van der Waals surface area contributed by atoms with E-state index in [0.29, 0.717) is 31.4 Å². The van der Waals surface area contributed by atoms with E-state index in [9.17, 15) is 4.39 Å². The lowest BCUT2D eigenvalue weighted by Crippen LogP contribution is -2.17. The Balaban J connectivity index is 1.71. The third kappa shape index (κ3) is 6.06. The van der Waals surface area contributed by atoms with Crippen molar-refractivity contribution in [1.29, 1.82) is 0 Å². The van der Waals surface area contributed by atoms with E-state index in [0.717, 1.165) is 23.5 Å². The number of aryl methyl sites for hydroxylation is 1. The molecule has 1 aromatic carbocycles. The quantitative estimate of drug-likeness (QED) is 0.350. The number of hydrogen-bond acceptors (Lipinski definition) is 7. The molecule has 0 spiro atoms. The number of anilines is 2. The van der Waals surface area contributed by atoms with Crippen LogP contribution in [-0.4, -0.2) is 39.8 Å². The smallest absolute Gasteiger partial charge is 0.227 e. The number of nitrogens with zero attached hydrogens (tertiary/aromatic N) is 4. The number of rotatable bonds is 11. The van der Waals surface area contributed by atoms with E-state index < -0.39 is 5.82 Å². The molecule has 0 saturated heterocycles. The number of imidazole rings is 1. The van der Waals surface area contributed by atoms with Gasteiger partial charge >= 0.3 is 0 Å². The van der Waals surface area contributed by atoms with Gasteiger partial charge in [0.15, 0.2) is 5.82 Å². The number of aromatic nitrogens is 4. The van der Waals surface area contributed by atoms with Crippen LogP contribution in [0.1, 0.15) is 37.7 Å². The molecule has 0 aliphatic heterocycles. The highest BCUT2D eigenvalue weighted by atomic mass is 19.1. The second kappa shape index (κ2) is 10.9. The fourth-order valence-corrected chi connectivity index (χ4v) is 3.25. The summed E-state index contributed by atoms with van der Waals surface area (Å²) in [6.45, 7) is 7.75. The fourth-order valence-electron chi connectivity index (χ4n) is 3.25. The summed E-state index contributed by atoms with van der Waals surface area (Å²) in [6.07, 6.45) is 3.69. The Bertz CT molecular complexity index is 992. The normalized spacial score (nSPS) is 11.3. The lowest BCUT2D eigenvalue weighted by atomic mass is 10.2. The second-order valence-electron chi connectivity index (χ2n) is 7.40. The van der Waals surface area contributed by atoms with Crippen LogP contribution in [0.2, 0.25) is 0 Å². The molecule has 0 bridgehead atoms. The van der Waals surface area contributed by atoms with Gasteiger partial charge in [-0.1, -0.05) is 12.1 Å². The summed E-state index contributed by atoms with van der Waals surface area (Å²) in [5.41, 5.74) is 5.50. The second-order valence-corrected chi connectivity index (χ2v) is 7.40. The fraction of sp³-hybridized carbons (Fsp3) is 0.409. The Kier molecular flexibility index (Phi) is 8.05. The molecule has 0 fully saturated rings. The van der Waals surface area contributed by atoms with Crippen LogP contribution in [0.4, 0.5) is 16.0 Å². The minimum absolute atomic E-state index is 0.128. The summed E-state index contributed by atoms with van der Waals surface area (Å²) in [5.74, 6) is 0.622. The van der Waals surface area contributed by atoms with Crippen LogP contribution in [0.3, 0.4) is 0 Å². The number of benzene rings is 1. The Labute approximate surface area is 181 Å². The number of ether oxygens (including phenoxy) is 1. The number of nitrogens with one attached hydrogen (secondary N) is 2. The molecule has 0 unspecified atom stereocenters. The number of halogens is 1. The molecule has 0 radical (unpaired) electrons. The molecule has 0 aliphatic carbocycles. The molecule has 31 heavy (non-hydrogen) atoms. The standard InChI is InChI=1S/C22H29FN6O2/c1-15(2)29-16(3)24-13-20(29)21-19(23)12-25-22(28-21)27-18-8-5-7-17(11-18)14-31-26-9-6-10-30-4/h5,7-8,11-13,15,26H,6,9-10,14H2,1-4H3,(H,25,27,28). The molecule has 2 heterocycles. The molecule has 2 aromatic heterocycles. The van der Waals surface area contributed by atoms with Gasteiger partial charge in [-0.15, -0.1) is 0 Å². The first-order valence-corrected chi connectivity index (χ1v) is 10.3. The van der Waals surface area contributed by atoms with Crippen LogP contribution < -0.4 is 10.8 Å². The van der Waals surface area contributed by atoms with Crippen molar-refractivity contribution in [2.75, 3.05) is 25.6 Å². The molecular formula is C22H29FN6O2. The average molecular weight is 429 g/mol. The summed E-state index contributed by atoms with van der Waals surface area (Å²) < 4.78 is 21.5. The Hall–Kier alpha value is -2.88. The zero-order valence-corrected chi connectivity index (χ0v) is 18.4. The molecule has 0 atom stereocenters. The molecule has 3 rings (SSSR count). The predicted molar refractivity (Wildman–Crippen MR) is 117 cm³/mol. The van der Waals surface area contributed by atoms with Crippen molar-refractivity contribution in [1.82, 2.24) is 25.0 Å². The molecule has 0 amide bonds. The lowest BCUT2D eigenvalue weighted by Gasteiger charge is -2.15. The van der Waals surface area contributed by atoms with Gasteiger partial charge in [-0.2, -0.15) is 0 Å². The predicted octanol–water partition coefficient (Wildman–Crippen LogP) is 4.17. The Morgan fingerprint density at radius 3 is 2.81 bits per heavy atom. The third-order valence-corrected chi connectivity index (χ3v) is 4.64. The zero-order chi connectivity index (χ0) is 22.2. The number of hydrogen-bond donors (Lipinski definition) is 2. The van der Waals surface area contributed by atoms with Gasteiger partial charge in [0.25, 0.3) is 0 Å². The lowest BCUT2D eigenvalue weighted by molar-refractivity contribution is 0.0238. The maximum absolute atomic E-state index is 14.5. The molecule has 0 aliphatic rings. The first kappa shape index (κ1) is 22.8. The van der Waals surface area contributed by atoms with Crippen LogP contribution in [0.5, 0.6) is 0 Å². The highest BCUT2D eigenvalue weighted by Crippen LogP contribution is 2.26. The van der Waals surface area contributed by atoms with Crippen LogP contribution in [-0.2, 0) is 16.2 Å². The third-order valence-electron chi connectivity index (χ3n) is 4.64. The van der Waals surface area contributed by atoms with E-state index in [4.69, 9.17) is 9.57 Å². The molecule has 3 aromatic rings. The van der Waals surface area contributed by atoms with E-state index in [1.54, 1.807) is 13.3 Å². The van der Waals surface area contributed by atoms with Crippen molar-refractivity contribution in [3.8, 4) is 11.4 Å².